The first-order valence-corrected chi connectivity index (χ1v) is 5.12. The lowest BCUT2D eigenvalue weighted by Gasteiger charge is -2.27. The van der Waals surface area contributed by atoms with Gasteiger partial charge in [0.2, 0.25) is 0 Å². The first-order valence-electron chi connectivity index (χ1n) is 5.12. The molecule has 0 rings (SSSR count). The Morgan fingerprint density at radius 2 is 1.88 bits per heavy atom. The second kappa shape index (κ2) is 5.52. The maximum Gasteiger partial charge on any atom is 0.401 e. The van der Waals surface area contributed by atoms with Gasteiger partial charge >= 0.3 is 12.1 Å². The predicted octanol–water partition coefficient (Wildman–Crippen LogP) is 2.42. The van der Waals surface area contributed by atoms with Gasteiger partial charge in [0.15, 0.2) is 0 Å². The van der Waals surface area contributed by atoms with Crippen LogP contribution in [-0.4, -0.2) is 29.3 Å². The Labute approximate surface area is 93.0 Å². The van der Waals surface area contributed by atoms with Crippen LogP contribution in [0, 0.1) is 5.92 Å². The van der Waals surface area contributed by atoms with Crippen LogP contribution in [0.4, 0.5) is 13.2 Å². The van der Waals surface area contributed by atoms with Gasteiger partial charge in [0.25, 0.3) is 0 Å². The number of carboxylic acid groups (broad SMARTS) is 1. The van der Waals surface area contributed by atoms with Crippen molar-refractivity contribution in [3.05, 3.63) is 0 Å². The molecular formula is C10H18F3NO2. The molecule has 0 saturated heterocycles. The fourth-order valence-electron chi connectivity index (χ4n) is 1.14. The molecule has 0 spiro atoms. The van der Waals surface area contributed by atoms with Gasteiger partial charge in [-0.15, -0.1) is 0 Å². The van der Waals surface area contributed by atoms with Crippen LogP contribution in [0.25, 0.3) is 0 Å². The molecule has 0 fully saturated rings. The fraction of sp³-hybridized carbons (Fsp3) is 0.900. The predicted molar refractivity (Wildman–Crippen MR) is 54.2 cm³/mol. The summed E-state index contributed by atoms with van der Waals surface area (Å²) in [6, 6.07) is 0. The molecule has 0 aromatic rings. The molecule has 0 saturated carbocycles. The summed E-state index contributed by atoms with van der Waals surface area (Å²) < 4.78 is 36.0. The number of aliphatic carboxylic acids is 1. The maximum atomic E-state index is 12.0. The normalized spacial score (nSPS) is 16.2. The molecule has 0 bridgehead atoms. The van der Waals surface area contributed by atoms with Crippen LogP contribution in [0.1, 0.15) is 33.6 Å². The molecule has 0 aliphatic rings. The van der Waals surface area contributed by atoms with Crippen LogP contribution in [-0.2, 0) is 4.79 Å². The Balaban J connectivity index is 4.40. The van der Waals surface area contributed by atoms with Crippen LogP contribution in [0.5, 0.6) is 0 Å². The van der Waals surface area contributed by atoms with Gasteiger partial charge in [-0.3, -0.25) is 10.1 Å². The number of hydrogen-bond acceptors (Lipinski definition) is 2. The first-order chi connectivity index (χ1) is 7.07. The highest BCUT2D eigenvalue weighted by Crippen LogP contribution is 2.20. The van der Waals surface area contributed by atoms with Crippen molar-refractivity contribution in [1.29, 1.82) is 0 Å². The zero-order chi connectivity index (χ0) is 13.0. The van der Waals surface area contributed by atoms with Gasteiger partial charge < -0.3 is 5.11 Å². The van der Waals surface area contributed by atoms with E-state index >= 15 is 0 Å². The lowest BCUT2D eigenvalue weighted by Crippen LogP contribution is -2.52. The minimum absolute atomic E-state index is 0.177. The maximum absolute atomic E-state index is 12.0. The average Bonchev–Trinajstić information content (AvgIpc) is 2.10. The lowest BCUT2D eigenvalue weighted by molar-refractivity contribution is -0.149. The summed E-state index contributed by atoms with van der Waals surface area (Å²) in [5.41, 5.74) is -1.51. The third-order valence-electron chi connectivity index (χ3n) is 2.37. The number of hydrogen-bond donors (Lipinski definition) is 2. The van der Waals surface area contributed by atoms with E-state index in [0.717, 1.165) is 0 Å². The van der Waals surface area contributed by atoms with E-state index in [9.17, 15) is 18.0 Å². The highest BCUT2D eigenvalue weighted by atomic mass is 19.4. The highest BCUT2D eigenvalue weighted by Gasteiger charge is 2.37. The number of halogens is 3. The Hall–Kier alpha value is -0.780. The monoisotopic (exact) mass is 241 g/mol. The second-order valence-corrected chi connectivity index (χ2v) is 4.54. The van der Waals surface area contributed by atoms with E-state index in [1.54, 1.807) is 0 Å². The minimum Gasteiger partial charge on any atom is -0.480 e. The molecule has 0 amide bonds. The van der Waals surface area contributed by atoms with Crippen molar-refractivity contribution in [3.8, 4) is 0 Å². The molecule has 2 N–H and O–H groups in total. The van der Waals surface area contributed by atoms with Crippen molar-refractivity contribution >= 4 is 5.97 Å². The number of alkyl halides is 3. The molecule has 1 unspecified atom stereocenters. The van der Waals surface area contributed by atoms with Gasteiger partial charge in [-0.1, -0.05) is 13.8 Å². The summed E-state index contributed by atoms with van der Waals surface area (Å²) in [7, 11) is 0. The van der Waals surface area contributed by atoms with Gasteiger partial charge in [-0.2, -0.15) is 13.2 Å². The van der Waals surface area contributed by atoms with Gasteiger partial charge in [-0.05, 0) is 25.7 Å². The molecule has 0 aliphatic heterocycles. The van der Waals surface area contributed by atoms with Crippen LogP contribution in [0.2, 0.25) is 0 Å². The quantitative estimate of drug-likeness (QED) is 0.750. The molecule has 3 nitrogen and oxygen atoms in total. The highest BCUT2D eigenvalue weighted by molar-refractivity contribution is 5.78. The summed E-state index contributed by atoms with van der Waals surface area (Å²) in [4.78, 5) is 10.9. The zero-order valence-electron chi connectivity index (χ0n) is 9.69. The van der Waals surface area contributed by atoms with E-state index in [1.165, 1.54) is 6.92 Å². The van der Waals surface area contributed by atoms with Crippen molar-refractivity contribution in [3.63, 3.8) is 0 Å². The third kappa shape index (κ3) is 5.95. The first kappa shape index (κ1) is 15.2. The summed E-state index contributed by atoms with van der Waals surface area (Å²) in [5.74, 6) is -0.997. The van der Waals surface area contributed by atoms with Gasteiger partial charge in [0, 0.05) is 0 Å². The Bertz CT molecular complexity index is 241. The van der Waals surface area contributed by atoms with E-state index < -0.39 is 24.2 Å². The molecular weight excluding hydrogens is 223 g/mol. The summed E-state index contributed by atoms with van der Waals surface area (Å²) in [5, 5.41) is 11.0. The van der Waals surface area contributed by atoms with Crippen LogP contribution < -0.4 is 5.32 Å². The lowest BCUT2D eigenvalue weighted by atomic mass is 9.92. The Morgan fingerprint density at radius 1 is 1.38 bits per heavy atom. The molecule has 0 aliphatic carbocycles. The fourth-order valence-corrected chi connectivity index (χ4v) is 1.14. The molecule has 1 atom stereocenters. The largest absolute Gasteiger partial charge is 0.480 e. The molecule has 0 radical (unpaired) electrons. The summed E-state index contributed by atoms with van der Waals surface area (Å²) >= 11 is 0. The molecule has 16 heavy (non-hydrogen) atoms. The average molecular weight is 241 g/mol. The van der Waals surface area contributed by atoms with E-state index in [-0.39, 0.29) is 12.3 Å². The van der Waals surface area contributed by atoms with Crippen LogP contribution in [0.3, 0.4) is 0 Å². The topological polar surface area (TPSA) is 49.3 Å². The van der Waals surface area contributed by atoms with Crippen molar-refractivity contribution in [2.75, 3.05) is 6.54 Å². The van der Waals surface area contributed by atoms with E-state index in [0.29, 0.717) is 6.42 Å². The SMILES string of the molecule is CC(C)CCC(C)(NCC(F)(F)F)C(=O)O. The third-order valence-corrected chi connectivity index (χ3v) is 2.37. The van der Waals surface area contributed by atoms with Gasteiger partial charge in [0.1, 0.15) is 5.54 Å². The molecule has 6 heteroatoms. The van der Waals surface area contributed by atoms with Crippen molar-refractivity contribution < 1.29 is 23.1 Å². The number of carbonyl (C=O) groups is 1. The van der Waals surface area contributed by atoms with Gasteiger partial charge in [-0.25, -0.2) is 0 Å². The van der Waals surface area contributed by atoms with Crippen LogP contribution in [0.15, 0.2) is 0 Å². The Kier molecular flexibility index (Phi) is 5.25. The Morgan fingerprint density at radius 3 is 2.19 bits per heavy atom. The zero-order valence-corrected chi connectivity index (χ0v) is 9.69. The van der Waals surface area contributed by atoms with E-state index in [1.807, 2.05) is 13.8 Å². The molecule has 0 heterocycles. The summed E-state index contributed by atoms with van der Waals surface area (Å²) in [6.07, 6.45) is -3.65. The van der Waals surface area contributed by atoms with Crippen LogP contribution >= 0.6 is 0 Å². The van der Waals surface area contributed by atoms with E-state index in [2.05, 4.69) is 5.32 Å². The molecule has 0 aromatic heterocycles. The number of carboxylic acids is 1. The standard InChI is InChI=1S/C10H18F3NO2/c1-7(2)4-5-9(3,8(15)16)14-6-10(11,12)13/h7,14H,4-6H2,1-3H3,(H,15,16). The summed E-state index contributed by atoms with van der Waals surface area (Å²) in [6.45, 7) is 3.79. The van der Waals surface area contributed by atoms with Crippen molar-refractivity contribution in [2.24, 2.45) is 5.92 Å². The second-order valence-electron chi connectivity index (χ2n) is 4.54. The van der Waals surface area contributed by atoms with Gasteiger partial charge in [0.05, 0.1) is 6.54 Å². The van der Waals surface area contributed by atoms with Crippen molar-refractivity contribution in [1.82, 2.24) is 5.32 Å². The number of nitrogens with one attached hydrogen (secondary N) is 1. The van der Waals surface area contributed by atoms with Crippen molar-refractivity contribution in [2.45, 2.75) is 45.3 Å². The minimum atomic E-state index is -4.39. The molecule has 0 aromatic carbocycles. The van der Waals surface area contributed by atoms with E-state index in [4.69, 9.17) is 5.11 Å². The molecule has 96 valence electrons. The number of rotatable bonds is 6. The smallest absolute Gasteiger partial charge is 0.401 e.